The summed E-state index contributed by atoms with van der Waals surface area (Å²) in [7, 11) is 0. The third-order valence-electron chi connectivity index (χ3n) is 3.79. The minimum Gasteiger partial charge on any atom is -0.253 e. The van der Waals surface area contributed by atoms with Gasteiger partial charge in [0.1, 0.15) is 0 Å². The molecule has 0 atom stereocenters. The fourth-order valence-corrected chi connectivity index (χ4v) is 2.64. The van der Waals surface area contributed by atoms with Gasteiger partial charge in [0.25, 0.3) is 0 Å². The number of benzene rings is 2. The van der Waals surface area contributed by atoms with Crippen LogP contribution in [0.1, 0.15) is 22.4 Å². The lowest BCUT2D eigenvalue weighted by Gasteiger charge is -2.11. The van der Waals surface area contributed by atoms with Crippen molar-refractivity contribution in [3.8, 4) is 11.3 Å². The lowest BCUT2D eigenvalue weighted by Crippen LogP contribution is -1.99. The molecular formula is C20H19N. The second kappa shape index (κ2) is 5.92. The maximum absolute atomic E-state index is 4.84. The topological polar surface area (TPSA) is 12.9 Å². The molecule has 0 spiro atoms. The van der Waals surface area contributed by atoms with E-state index in [0.29, 0.717) is 0 Å². The van der Waals surface area contributed by atoms with Crippen molar-refractivity contribution in [3.05, 3.63) is 89.1 Å². The summed E-state index contributed by atoms with van der Waals surface area (Å²) in [5, 5.41) is 0. The van der Waals surface area contributed by atoms with Crippen LogP contribution in [0.25, 0.3) is 11.3 Å². The zero-order valence-electron chi connectivity index (χ0n) is 12.5. The molecule has 3 aromatic rings. The molecule has 0 unspecified atom stereocenters. The predicted molar refractivity (Wildman–Crippen MR) is 88.4 cm³/mol. The molecule has 0 aliphatic carbocycles. The van der Waals surface area contributed by atoms with Gasteiger partial charge in [0.05, 0.1) is 5.69 Å². The maximum Gasteiger partial charge on any atom is 0.0734 e. The molecule has 1 nitrogen and oxygen atoms in total. The zero-order chi connectivity index (χ0) is 14.7. The first kappa shape index (κ1) is 13.6. The first-order valence-electron chi connectivity index (χ1n) is 7.30. The summed E-state index contributed by atoms with van der Waals surface area (Å²) in [6, 6.07) is 23.2. The van der Waals surface area contributed by atoms with Crippen LogP contribution in [0.3, 0.4) is 0 Å². The molecule has 0 N–H and O–H groups in total. The summed E-state index contributed by atoms with van der Waals surface area (Å²) >= 11 is 0. The molecule has 0 aliphatic rings. The van der Waals surface area contributed by atoms with Gasteiger partial charge in [-0.15, -0.1) is 0 Å². The Morgan fingerprint density at radius 2 is 1.43 bits per heavy atom. The standard InChI is InChI=1S/C20H19N/c1-15-13-19(14-17-9-5-3-6-10-17)16(2)21-20(15)18-11-7-4-8-12-18/h3-13H,14H2,1-2H3. The summed E-state index contributed by atoms with van der Waals surface area (Å²) in [6.45, 7) is 4.24. The molecule has 0 saturated heterocycles. The summed E-state index contributed by atoms with van der Waals surface area (Å²) in [5.74, 6) is 0. The molecule has 1 heterocycles. The first-order chi connectivity index (χ1) is 10.2. The second-order valence-corrected chi connectivity index (χ2v) is 5.43. The Bertz CT molecular complexity index is 731. The molecule has 0 saturated carbocycles. The number of pyridine rings is 1. The van der Waals surface area contributed by atoms with Gasteiger partial charge in [0, 0.05) is 11.3 Å². The normalized spacial score (nSPS) is 10.6. The molecule has 104 valence electrons. The Labute approximate surface area is 126 Å². The predicted octanol–water partition coefficient (Wildman–Crippen LogP) is 4.96. The number of hydrogen-bond donors (Lipinski definition) is 0. The lowest BCUT2D eigenvalue weighted by molar-refractivity contribution is 1.07. The summed E-state index contributed by atoms with van der Waals surface area (Å²) in [4.78, 5) is 4.84. The van der Waals surface area contributed by atoms with Crippen LogP contribution in [0.4, 0.5) is 0 Å². The monoisotopic (exact) mass is 273 g/mol. The molecule has 0 radical (unpaired) electrons. The number of aryl methyl sites for hydroxylation is 2. The highest BCUT2D eigenvalue weighted by Crippen LogP contribution is 2.24. The third kappa shape index (κ3) is 3.03. The molecule has 1 heteroatoms. The van der Waals surface area contributed by atoms with Crippen LogP contribution in [0.5, 0.6) is 0 Å². The van der Waals surface area contributed by atoms with Crippen LogP contribution in [0, 0.1) is 13.8 Å². The van der Waals surface area contributed by atoms with Crippen molar-refractivity contribution in [2.75, 3.05) is 0 Å². The largest absolute Gasteiger partial charge is 0.253 e. The second-order valence-electron chi connectivity index (χ2n) is 5.43. The highest BCUT2D eigenvalue weighted by Gasteiger charge is 2.08. The van der Waals surface area contributed by atoms with Gasteiger partial charge >= 0.3 is 0 Å². The Kier molecular flexibility index (Phi) is 3.83. The maximum atomic E-state index is 4.84. The number of rotatable bonds is 3. The van der Waals surface area contributed by atoms with E-state index < -0.39 is 0 Å². The van der Waals surface area contributed by atoms with E-state index in [9.17, 15) is 0 Å². The van der Waals surface area contributed by atoms with Gasteiger partial charge in [-0.2, -0.15) is 0 Å². The highest BCUT2D eigenvalue weighted by atomic mass is 14.7. The van der Waals surface area contributed by atoms with Crippen molar-refractivity contribution in [1.82, 2.24) is 4.98 Å². The number of nitrogens with zero attached hydrogens (tertiary/aromatic N) is 1. The van der Waals surface area contributed by atoms with E-state index in [1.54, 1.807) is 0 Å². The minimum atomic E-state index is 0.940. The van der Waals surface area contributed by atoms with Crippen LogP contribution >= 0.6 is 0 Å². The molecule has 1 aromatic heterocycles. The SMILES string of the molecule is Cc1cc(Cc2ccccc2)c(C)nc1-c1ccccc1. The highest BCUT2D eigenvalue weighted by molar-refractivity contribution is 5.63. The van der Waals surface area contributed by atoms with Gasteiger partial charge in [-0.3, -0.25) is 4.98 Å². The van der Waals surface area contributed by atoms with Crippen LogP contribution in [0.15, 0.2) is 66.7 Å². The van der Waals surface area contributed by atoms with E-state index in [-0.39, 0.29) is 0 Å². The van der Waals surface area contributed by atoms with E-state index in [0.717, 1.165) is 17.8 Å². The van der Waals surface area contributed by atoms with Gasteiger partial charge in [-0.25, -0.2) is 0 Å². The minimum absolute atomic E-state index is 0.940. The van der Waals surface area contributed by atoms with Crippen molar-refractivity contribution >= 4 is 0 Å². The van der Waals surface area contributed by atoms with E-state index in [1.807, 2.05) is 6.07 Å². The van der Waals surface area contributed by atoms with Crippen LogP contribution in [-0.4, -0.2) is 4.98 Å². The molecule has 3 rings (SSSR count). The average molecular weight is 273 g/mol. The van der Waals surface area contributed by atoms with Crippen LogP contribution in [0.2, 0.25) is 0 Å². The Morgan fingerprint density at radius 1 is 0.810 bits per heavy atom. The van der Waals surface area contributed by atoms with Gasteiger partial charge < -0.3 is 0 Å². The van der Waals surface area contributed by atoms with Gasteiger partial charge in [-0.05, 0) is 37.0 Å². The van der Waals surface area contributed by atoms with Gasteiger partial charge in [0.15, 0.2) is 0 Å². The van der Waals surface area contributed by atoms with Crippen molar-refractivity contribution in [2.45, 2.75) is 20.3 Å². The lowest BCUT2D eigenvalue weighted by atomic mass is 9.99. The zero-order valence-corrected chi connectivity index (χ0v) is 12.5. The number of hydrogen-bond acceptors (Lipinski definition) is 1. The quantitative estimate of drug-likeness (QED) is 0.657. The fraction of sp³-hybridized carbons (Fsp3) is 0.150. The van der Waals surface area contributed by atoms with E-state index in [2.05, 4.69) is 74.5 Å². The van der Waals surface area contributed by atoms with Crippen LogP contribution < -0.4 is 0 Å². The third-order valence-corrected chi connectivity index (χ3v) is 3.79. The van der Waals surface area contributed by atoms with Crippen molar-refractivity contribution < 1.29 is 0 Å². The molecule has 0 bridgehead atoms. The summed E-state index contributed by atoms with van der Waals surface area (Å²) < 4.78 is 0. The smallest absolute Gasteiger partial charge is 0.0734 e. The molecule has 0 fully saturated rings. The Hall–Kier alpha value is -2.41. The molecule has 0 amide bonds. The Morgan fingerprint density at radius 3 is 2.10 bits per heavy atom. The summed E-state index contributed by atoms with van der Waals surface area (Å²) in [5.41, 5.74) is 7.25. The van der Waals surface area contributed by atoms with E-state index >= 15 is 0 Å². The van der Waals surface area contributed by atoms with E-state index in [1.165, 1.54) is 22.3 Å². The number of aromatic nitrogens is 1. The average Bonchev–Trinajstić information content (AvgIpc) is 2.52. The Balaban J connectivity index is 1.97. The molecular weight excluding hydrogens is 254 g/mol. The van der Waals surface area contributed by atoms with Crippen molar-refractivity contribution in [3.63, 3.8) is 0 Å². The molecule has 21 heavy (non-hydrogen) atoms. The molecule has 2 aromatic carbocycles. The van der Waals surface area contributed by atoms with Crippen LogP contribution in [-0.2, 0) is 6.42 Å². The van der Waals surface area contributed by atoms with Gasteiger partial charge in [-0.1, -0.05) is 66.7 Å². The summed E-state index contributed by atoms with van der Waals surface area (Å²) in [6.07, 6.45) is 0.940. The fourth-order valence-electron chi connectivity index (χ4n) is 2.64. The van der Waals surface area contributed by atoms with Crippen molar-refractivity contribution in [1.29, 1.82) is 0 Å². The van der Waals surface area contributed by atoms with Crippen molar-refractivity contribution in [2.24, 2.45) is 0 Å². The molecule has 0 aliphatic heterocycles. The van der Waals surface area contributed by atoms with E-state index in [4.69, 9.17) is 4.98 Å². The van der Waals surface area contributed by atoms with Gasteiger partial charge in [0.2, 0.25) is 0 Å². The first-order valence-corrected chi connectivity index (χ1v) is 7.30.